The van der Waals surface area contributed by atoms with E-state index in [0.717, 1.165) is 38.7 Å². The number of aliphatic hydroxyl groups excluding tert-OH is 1. The van der Waals surface area contributed by atoms with Crippen molar-refractivity contribution >= 4 is 5.97 Å². The number of carboxylic acids is 1. The topological polar surface area (TPSA) is 66.8 Å². The molecular weight excluding hydrogens is 316 g/mol. The summed E-state index contributed by atoms with van der Waals surface area (Å²) in [6, 6.07) is 0. The molecule has 2 bridgehead atoms. The quantitative estimate of drug-likeness (QED) is 0.406. The van der Waals surface area contributed by atoms with Crippen LogP contribution in [0.2, 0.25) is 0 Å². The van der Waals surface area contributed by atoms with E-state index in [1.54, 1.807) is 0 Å². The van der Waals surface area contributed by atoms with Gasteiger partial charge in [0.2, 0.25) is 0 Å². The van der Waals surface area contributed by atoms with Crippen LogP contribution in [0.5, 0.6) is 0 Å². The van der Waals surface area contributed by atoms with Gasteiger partial charge in [-0.3, -0.25) is 4.79 Å². The largest absolute Gasteiger partial charge is 0.481 e. The maximum atomic E-state index is 10.5. The van der Waals surface area contributed by atoms with Crippen LogP contribution in [0.3, 0.4) is 0 Å². The standard InChI is InChI=1S/C21H34O4/c1-2-3-6-9-17(22)12-13-19-18(16-14-20(19)25-15-16)10-7-4-5-8-11-21(23)24/h4,7,12-13,16-20,22H,2-3,5-6,8-11,14-15H2,1H3,(H,23,24)/b7-4-,13-12+/t16-,17-,18+,19-,20-/m1/s1. The summed E-state index contributed by atoms with van der Waals surface area (Å²) in [7, 11) is 0. The van der Waals surface area contributed by atoms with Crippen LogP contribution in [-0.4, -0.2) is 35.0 Å². The van der Waals surface area contributed by atoms with Gasteiger partial charge in [-0.05, 0) is 43.9 Å². The number of carbonyl (C=O) groups is 1. The van der Waals surface area contributed by atoms with Crippen LogP contribution in [0.25, 0.3) is 0 Å². The fourth-order valence-electron chi connectivity index (χ4n) is 4.15. The number of rotatable bonds is 12. The number of carboxylic acid groups (broad SMARTS) is 1. The number of hydrogen-bond donors (Lipinski definition) is 2. The lowest BCUT2D eigenvalue weighted by Gasteiger charge is -2.28. The van der Waals surface area contributed by atoms with Crippen LogP contribution in [-0.2, 0) is 9.53 Å². The number of hydrogen-bond acceptors (Lipinski definition) is 3. The van der Waals surface area contributed by atoms with Gasteiger partial charge in [0.05, 0.1) is 18.8 Å². The zero-order valence-corrected chi connectivity index (χ0v) is 15.5. The minimum Gasteiger partial charge on any atom is -0.481 e. The van der Waals surface area contributed by atoms with E-state index in [-0.39, 0.29) is 12.5 Å². The number of aliphatic hydroxyl groups is 1. The minimum absolute atomic E-state index is 0.244. The molecule has 1 heterocycles. The first-order valence-corrected chi connectivity index (χ1v) is 9.96. The molecule has 2 rings (SSSR count). The van der Waals surface area contributed by atoms with E-state index in [4.69, 9.17) is 9.84 Å². The van der Waals surface area contributed by atoms with Gasteiger partial charge in [-0.1, -0.05) is 50.5 Å². The van der Waals surface area contributed by atoms with E-state index in [9.17, 15) is 9.90 Å². The molecule has 1 aliphatic carbocycles. The Labute approximate surface area is 152 Å². The summed E-state index contributed by atoms with van der Waals surface area (Å²) in [5, 5.41) is 18.8. The summed E-state index contributed by atoms with van der Waals surface area (Å²) in [4.78, 5) is 10.5. The molecule has 4 nitrogen and oxygen atoms in total. The van der Waals surface area contributed by atoms with Gasteiger partial charge >= 0.3 is 5.97 Å². The van der Waals surface area contributed by atoms with E-state index in [1.165, 1.54) is 12.8 Å². The molecule has 2 N–H and O–H groups in total. The first kappa shape index (κ1) is 20.2. The highest BCUT2D eigenvalue weighted by Gasteiger charge is 2.46. The number of unbranched alkanes of at least 4 members (excludes halogenated alkanes) is 3. The molecule has 2 fully saturated rings. The number of ether oxygens (including phenoxy) is 1. The average Bonchev–Trinajstić information content (AvgIpc) is 3.17. The fraction of sp³-hybridized carbons (Fsp3) is 0.762. The first-order valence-electron chi connectivity index (χ1n) is 9.96. The van der Waals surface area contributed by atoms with E-state index in [1.807, 2.05) is 6.08 Å². The molecule has 0 unspecified atom stereocenters. The average molecular weight is 350 g/mol. The van der Waals surface area contributed by atoms with Gasteiger partial charge in [-0.15, -0.1) is 0 Å². The normalized spacial score (nSPS) is 29.8. The van der Waals surface area contributed by atoms with Crippen molar-refractivity contribution in [3.05, 3.63) is 24.3 Å². The molecule has 1 saturated heterocycles. The summed E-state index contributed by atoms with van der Waals surface area (Å²) in [6.45, 7) is 3.04. The van der Waals surface area contributed by atoms with Crippen LogP contribution in [0, 0.1) is 17.8 Å². The van der Waals surface area contributed by atoms with Crippen LogP contribution < -0.4 is 0 Å². The van der Waals surface area contributed by atoms with Gasteiger partial charge in [0, 0.05) is 12.3 Å². The lowest BCUT2D eigenvalue weighted by molar-refractivity contribution is -0.137. The van der Waals surface area contributed by atoms with Crippen molar-refractivity contribution in [2.75, 3.05) is 6.61 Å². The zero-order valence-electron chi connectivity index (χ0n) is 15.5. The Kier molecular flexibility index (Phi) is 8.70. The summed E-state index contributed by atoms with van der Waals surface area (Å²) in [5.74, 6) is 0.902. The van der Waals surface area contributed by atoms with Gasteiger partial charge in [-0.2, -0.15) is 0 Å². The highest BCUT2D eigenvalue weighted by Crippen LogP contribution is 2.47. The van der Waals surface area contributed by atoms with Crippen molar-refractivity contribution in [3.8, 4) is 0 Å². The summed E-state index contributed by atoms with van der Waals surface area (Å²) < 4.78 is 5.87. The maximum absolute atomic E-state index is 10.5. The summed E-state index contributed by atoms with van der Waals surface area (Å²) in [6.07, 6.45) is 16.7. The maximum Gasteiger partial charge on any atom is 0.303 e. The molecule has 25 heavy (non-hydrogen) atoms. The Morgan fingerprint density at radius 2 is 2.12 bits per heavy atom. The molecule has 2 aliphatic rings. The summed E-state index contributed by atoms with van der Waals surface area (Å²) in [5.41, 5.74) is 0. The first-order chi connectivity index (χ1) is 12.1. The van der Waals surface area contributed by atoms with E-state index < -0.39 is 5.97 Å². The molecule has 0 aromatic carbocycles. The molecule has 142 valence electrons. The number of allylic oxidation sites excluding steroid dienone is 2. The Balaban J connectivity index is 1.78. The van der Waals surface area contributed by atoms with Gasteiger partial charge in [0.1, 0.15) is 0 Å². The molecule has 4 heteroatoms. The molecule has 0 spiro atoms. The molecule has 1 saturated carbocycles. The van der Waals surface area contributed by atoms with Crippen molar-refractivity contribution in [1.82, 2.24) is 0 Å². The molecule has 5 atom stereocenters. The van der Waals surface area contributed by atoms with Crippen molar-refractivity contribution < 1.29 is 19.7 Å². The van der Waals surface area contributed by atoms with E-state index >= 15 is 0 Å². The Hall–Kier alpha value is -1.13. The van der Waals surface area contributed by atoms with E-state index in [0.29, 0.717) is 30.3 Å². The van der Waals surface area contributed by atoms with Crippen LogP contribution >= 0.6 is 0 Å². The molecule has 0 aromatic heterocycles. The SMILES string of the molecule is CCCCC[C@@H](O)/C=C/[C@@H]1[C@@H](C/C=C\CCCC(=O)O)[C@H]2CO[C@@H]1C2. The Morgan fingerprint density at radius 3 is 2.88 bits per heavy atom. The predicted molar refractivity (Wildman–Crippen MR) is 99.4 cm³/mol. The Morgan fingerprint density at radius 1 is 1.28 bits per heavy atom. The van der Waals surface area contributed by atoms with Crippen LogP contribution in [0.1, 0.15) is 64.7 Å². The third kappa shape index (κ3) is 6.59. The second kappa shape index (κ2) is 10.8. The molecular formula is C21H34O4. The molecule has 1 aliphatic heterocycles. The summed E-state index contributed by atoms with van der Waals surface area (Å²) >= 11 is 0. The minimum atomic E-state index is -0.721. The molecule has 0 radical (unpaired) electrons. The number of aliphatic carboxylic acids is 1. The third-order valence-corrected chi connectivity index (χ3v) is 5.58. The van der Waals surface area contributed by atoms with Crippen molar-refractivity contribution in [2.45, 2.75) is 76.9 Å². The van der Waals surface area contributed by atoms with Crippen LogP contribution in [0.15, 0.2) is 24.3 Å². The lowest BCUT2D eigenvalue weighted by atomic mass is 9.84. The molecule has 0 aromatic rings. The smallest absolute Gasteiger partial charge is 0.303 e. The lowest BCUT2D eigenvalue weighted by Crippen LogP contribution is -2.27. The fourth-order valence-corrected chi connectivity index (χ4v) is 4.15. The van der Waals surface area contributed by atoms with Crippen molar-refractivity contribution in [1.29, 1.82) is 0 Å². The van der Waals surface area contributed by atoms with Gasteiger partial charge in [0.15, 0.2) is 0 Å². The van der Waals surface area contributed by atoms with Crippen molar-refractivity contribution in [2.24, 2.45) is 17.8 Å². The zero-order chi connectivity index (χ0) is 18.1. The van der Waals surface area contributed by atoms with Gasteiger partial charge in [-0.25, -0.2) is 0 Å². The second-order valence-electron chi connectivity index (χ2n) is 7.55. The monoisotopic (exact) mass is 350 g/mol. The number of fused-ring (bicyclic) bond motifs is 2. The second-order valence-corrected chi connectivity index (χ2v) is 7.55. The molecule has 0 amide bonds. The van der Waals surface area contributed by atoms with Crippen molar-refractivity contribution in [3.63, 3.8) is 0 Å². The Bertz CT molecular complexity index is 457. The van der Waals surface area contributed by atoms with Gasteiger partial charge in [0.25, 0.3) is 0 Å². The predicted octanol–water partition coefficient (Wildman–Crippen LogP) is 4.34. The highest BCUT2D eigenvalue weighted by atomic mass is 16.5. The third-order valence-electron chi connectivity index (χ3n) is 5.58. The van der Waals surface area contributed by atoms with Gasteiger partial charge < -0.3 is 14.9 Å². The van der Waals surface area contributed by atoms with Crippen LogP contribution in [0.4, 0.5) is 0 Å². The van der Waals surface area contributed by atoms with E-state index in [2.05, 4.69) is 25.2 Å². The highest BCUT2D eigenvalue weighted by molar-refractivity contribution is 5.66.